The normalized spacial score (nSPS) is 16.0. The van der Waals surface area contributed by atoms with Crippen LogP contribution in [0.25, 0.3) is 0 Å². The van der Waals surface area contributed by atoms with Gasteiger partial charge in [0, 0.05) is 17.5 Å². The second-order valence-electron chi connectivity index (χ2n) is 4.26. The first kappa shape index (κ1) is 10.9. The van der Waals surface area contributed by atoms with Crippen LogP contribution in [-0.4, -0.2) is 9.97 Å². The Morgan fingerprint density at radius 2 is 2.00 bits per heavy atom. The first-order chi connectivity index (χ1) is 7.24. The van der Waals surface area contributed by atoms with Crippen molar-refractivity contribution >= 4 is 11.6 Å². The molecule has 0 atom stereocenters. The molecule has 0 N–H and O–H groups in total. The van der Waals surface area contributed by atoms with Gasteiger partial charge in [-0.25, -0.2) is 9.97 Å². The molecule has 1 saturated carbocycles. The summed E-state index contributed by atoms with van der Waals surface area (Å²) in [5, 5.41) is 0.605. The van der Waals surface area contributed by atoms with Gasteiger partial charge in [0.1, 0.15) is 11.0 Å². The van der Waals surface area contributed by atoms with E-state index in [2.05, 4.69) is 23.8 Å². The lowest BCUT2D eigenvalue weighted by molar-refractivity contribution is 0.616. The zero-order chi connectivity index (χ0) is 10.8. The molecule has 1 aliphatic rings. The number of hydrogen-bond acceptors (Lipinski definition) is 2. The zero-order valence-corrected chi connectivity index (χ0v) is 10.1. The van der Waals surface area contributed by atoms with Crippen LogP contribution in [0, 0.1) is 0 Å². The Bertz CT molecular complexity index is 343. The largest absolute Gasteiger partial charge is 0.237 e. The van der Waals surface area contributed by atoms with E-state index in [1.54, 1.807) is 0 Å². The summed E-state index contributed by atoms with van der Waals surface area (Å²) in [5.41, 5.74) is 1.13. The molecule has 1 aliphatic carbocycles. The fraction of sp³-hybridized carbons (Fsp3) is 0.667. The van der Waals surface area contributed by atoms with E-state index in [-0.39, 0.29) is 0 Å². The van der Waals surface area contributed by atoms with Gasteiger partial charge >= 0.3 is 0 Å². The van der Waals surface area contributed by atoms with Crippen molar-refractivity contribution in [1.82, 2.24) is 9.97 Å². The third-order valence-electron chi connectivity index (χ3n) is 3.08. The van der Waals surface area contributed by atoms with Crippen LogP contribution >= 0.6 is 11.6 Å². The van der Waals surface area contributed by atoms with Crippen molar-refractivity contribution in [2.75, 3.05) is 0 Å². The number of rotatable bonds is 4. The Labute approximate surface area is 96.1 Å². The molecule has 0 unspecified atom stereocenters. The Morgan fingerprint density at radius 3 is 2.53 bits per heavy atom. The van der Waals surface area contributed by atoms with Crippen molar-refractivity contribution in [2.45, 2.75) is 51.4 Å². The molecule has 0 radical (unpaired) electrons. The highest BCUT2D eigenvalue weighted by atomic mass is 35.5. The topological polar surface area (TPSA) is 25.8 Å². The molecule has 0 spiro atoms. The van der Waals surface area contributed by atoms with Crippen LogP contribution in [0.15, 0.2) is 6.07 Å². The second-order valence-corrected chi connectivity index (χ2v) is 4.65. The minimum absolute atomic E-state index is 0.531. The van der Waals surface area contributed by atoms with Crippen molar-refractivity contribution in [3.8, 4) is 0 Å². The Kier molecular flexibility index (Phi) is 3.25. The summed E-state index contributed by atoms with van der Waals surface area (Å²) in [5.74, 6) is 2.07. The lowest BCUT2D eigenvalue weighted by Crippen LogP contribution is -2.03. The lowest BCUT2D eigenvalue weighted by Gasteiger charge is -2.12. The highest BCUT2D eigenvalue weighted by Crippen LogP contribution is 2.39. The van der Waals surface area contributed by atoms with Gasteiger partial charge in [-0.15, -0.1) is 0 Å². The van der Waals surface area contributed by atoms with E-state index in [4.69, 9.17) is 11.6 Å². The molecule has 0 aliphatic heterocycles. The molecular weight excluding hydrogens is 208 g/mol. The molecule has 2 rings (SSSR count). The molecule has 1 aromatic heterocycles. The maximum Gasteiger partial charge on any atom is 0.133 e. The number of halogens is 1. The van der Waals surface area contributed by atoms with E-state index in [9.17, 15) is 0 Å². The van der Waals surface area contributed by atoms with Gasteiger partial charge in [-0.2, -0.15) is 0 Å². The maximum atomic E-state index is 6.03. The third-order valence-corrected chi connectivity index (χ3v) is 3.27. The molecule has 82 valence electrons. The van der Waals surface area contributed by atoms with E-state index in [0.29, 0.717) is 17.0 Å². The molecule has 0 saturated heterocycles. The lowest BCUT2D eigenvalue weighted by atomic mass is 9.99. The molecule has 0 bridgehead atoms. The molecule has 2 nitrogen and oxygen atoms in total. The third kappa shape index (κ3) is 2.49. The summed E-state index contributed by atoms with van der Waals surface area (Å²) in [6.45, 7) is 4.39. The van der Waals surface area contributed by atoms with Crippen LogP contribution in [0.4, 0.5) is 0 Å². The first-order valence-electron chi connectivity index (χ1n) is 5.79. The molecule has 1 aromatic rings. The van der Waals surface area contributed by atoms with E-state index >= 15 is 0 Å². The summed E-state index contributed by atoms with van der Waals surface area (Å²) < 4.78 is 0. The summed E-state index contributed by atoms with van der Waals surface area (Å²) in [4.78, 5) is 8.94. The van der Waals surface area contributed by atoms with Crippen molar-refractivity contribution in [3.63, 3.8) is 0 Å². The van der Waals surface area contributed by atoms with Gasteiger partial charge in [-0.1, -0.05) is 25.4 Å². The van der Waals surface area contributed by atoms with Crippen molar-refractivity contribution in [1.29, 1.82) is 0 Å². The van der Waals surface area contributed by atoms with Crippen LogP contribution in [-0.2, 0) is 0 Å². The highest BCUT2D eigenvalue weighted by molar-refractivity contribution is 6.29. The average Bonchev–Trinajstić information content (AvgIpc) is 3.02. The minimum atomic E-state index is 0.531. The molecule has 1 fully saturated rings. The Morgan fingerprint density at radius 1 is 1.33 bits per heavy atom. The van der Waals surface area contributed by atoms with Crippen LogP contribution in [0.2, 0.25) is 5.15 Å². The monoisotopic (exact) mass is 224 g/mol. The second kappa shape index (κ2) is 4.48. The Balaban J connectivity index is 2.29. The van der Waals surface area contributed by atoms with E-state index in [0.717, 1.165) is 24.4 Å². The molecule has 1 heterocycles. The van der Waals surface area contributed by atoms with Gasteiger partial charge in [0.25, 0.3) is 0 Å². The number of aromatic nitrogens is 2. The number of nitrogens with zero attached hydrogens (tertiary/aromatic N) is 2. The van der Waals surface area contributed by atoms with Crippen LogP contribution in [0.1, 0.15) is 62.9 Å². The zero-order valence-electron chi connectivity index (χ0n) is 9.33. The molecule has 3 heteroatoms. The van der Waals surface area contributed by atoms with Crippen molar-refractivity contribution in [3.05, 3.63) is 22.7 Å². The van der Waals surface area contributed by atoms with E-state index < -0.39 is 0 Å². The molecular formula is C12H17ClN2. The smallest absolute Gasteiger partial charge is 0.133 e. The highest BCUT2D eigenvalue weighted by Gasteiger charge is 2.27. The number of hydrogen-bond donors (Lipinski definition) is 0. The van der Waals surface area contributed by atoms with Gasteiger partial charge in [-0.05, 0) is 31.7 Å². The van der Waals surface area contributed by atoms with Gasteiger partial charge < -0.3 is 0 Å². The molecule has 0 amide bonds. The predicted molar refractivity (Wildman–Crippen MR) is 62.3 cm³/mol. The van der Waals surface area contributed by atoms with Crippen LogP contribution in [0.5, 0.6) is 0 Å². The molecule has 15 heavy (non-hydrogen) atoms. The van der Waals surface area contributed by atoms with Crippen molar-refractivity contribution < 1.29 is 0 Å². The van der Waals surface area contributed by atoms with Gasteiger partial charge in [0.15, 0.2) is 0 Å². The Hall–Kier alpha value is -0.630. The summed E-state index contributed by atoms with van der Waals surface area (Å²) in [6.07, 6.45) is 4.69. The maximum absolute atomic E-state index is 6.03. The summed E-state index contributed by atoms with van der Waals surface area (Å²) >= 11 is 6.03. The van der Waals surface area contributed by atoms with E-state index in [1.807, 2.05) is 6.07 Å². The van der Waals surface area contributed by atoms with Gasteiger partial charge in [-0.3, -0.25) is 0 Å². The minimum Gasteiger partial charge on any atom is -0.237 e. The standard InChI is InChI=1S/C12H17ClN2/c1-3-8(4-2)10-7-11(13)15-12(14-10)9-5-6-9/h7-9H,3-6H2,1-2H3. The van der Waals surface area contributed by atoms with Crippen molar-refractivity contribution in [2.24, 2.45) is 0 Å². The fourth-order valence-corrected chi connectivity index (χ4v) is 2.09. The SMILES string of the molecule is CCC(CC)c1cc(Cl)nc(C2CC2)n1. The average molecular weight is 225 g/mol. The summed E-state index contributed by atoms with van der Waals surface area (Å²) in [6, 6.07) is 1.92. The predicted octanol–water partition coefficient (Wildman–Crippen LogP) is 3.91. The first-order valence-corrected chi connectivity index (χ1v) is 6.16. The van der Waals surface area contributed by atoms with Gasteiger partial charge in [0.2, 0.25) is 0 Å². The quantitative estimate of drug-likeness (QED) is 0.725. The van der Waals surface area contributed by atoms with E-state index in [1.165, 1.54) is 12.8 Å². The fourth-order valence-electron chi connectivity index (χ4n) is 1.89. The summed E-state index contributed by atoms with van der Waals surface area (Å²) in [7, 11) is 0. The van der Waals surface area contributed by atoms with Crippen LogP contribution < -0.4 is 0 Å². The van der Waals surface area contributed by atoms with Crippen LogP contribution in [0.3, 0.4) is 0 Å². The van der Waals surface area contributed by atoms with Gasteiger partial charge in [0.05, 0.1) is 0 Å². The molecule has 0 aromatic carbocycles.